The Bertz CT molecular complexity index is 1670. The van der Waals surface area contributed by atoms with Crippen LogP contribution < -0.4 is 4.90 Å². The topological polar surface area (TPSA) is 93.6 Å². The summed E-state index contributed by atoms with van der Waals surface area (Å²) in [5, 5.41) is 24.1. The predicted octanol–water partition coefficient (Wildman–Crippen LogP) is 4.13. The molecule has 1 aliphatic carbocycles. The van der Waals surface area contributed by atoms with Crippen LogP contribution in [0.4, 0.5) is 5.82 Å². The number of pyridine rings is 3. The number of anilines is 1. The first-order valence-corrected chi connectivity index (χ1v) is 13.9. The maximum absolute atomic E-state index is 10.1. The lowest BCUT2D eigenvalue weighted by Crippen LogP contribution is -2.68. The Kier molecular flexibility index (Phi) is 5.85. The second-order valence-electron chi connectivity index (χ2n) is 11.8. The van der Waals surface area contributed by atoms with Gasteiger partial charge in [0.1, 0.15) is 17.5 Å². The molecule has 4 aromatic rings. The summed E-state index contributed by atoms with van der Waals surface area (Å²) >= 11 is 0. The summed E-state index contributed by atoms with van der Waals surface area (Å²) in [6, 6.07) is 13.8. The first-order valence-electron chi connectivity index (χ1n) is 13.9. The van der Waals surface area contributed by atoms with Gasteiger partial charge in [-0.05, 0) is 62.9 Å². The summed E-state index contributed by atoms with van der Waals surface area (Å²) < 4.78 is 1.68. The summed E-state index contributed by atoms with van der Waals surface area (Å²) in [4.78, 5) is 14.5. The molecule has 0 aromatic carbocycles. The number of aromatic nitrogens is 4. The van der Waals surface area contributed by atoms with E-state index in [0.717, 1.165) is 42.1 Å². The van der Waals surface area contributed by atoms with Crippen molar-refractivity contribution in [2.24, 2.45) is 0 Å². The van der Waals surface area contributed by atoms with Crippen LogP contribution in [-0.2, 0) is 6.54 Å². The van der Waals surface area contributed by atoms with Crippen molar-refractivity contribution in [3.63, 3.8) is 0 Å². The summed E-state index contributed by atoms with van der Waals surface area (Å²) in [6.07, 6.45) is 11.1. The lowest BCUT2D eigenvalue weighted by Gasteiger charge is -2.56. The molecule has 40 heavy (non-hydrogen) atoms. The van der Waals surface area contributed by atoms with Gasteiger partial charge in [-0.1, -0.05) is 17.9 Å². The maximum atomic E-state index is 10.1. The van der Waals surface area contributed by atoms with Gasteiger partial charge in [0.05, 0.1) is 17.3 Å². The van der Waals surface area contributed by atoms with E-state index in [1.54, 1.807) is 30.8 Å². The largest absolute Gasteiger partial charge is 0.378 e. The Morgan fingerprint density at radius 3 is 2.52 bits per heavy atom. The van der Waals surface area contributed by atoms with Gasteiger partial charge < -0.3 is 10.0 Å². The number of aliphatic hydroxyl groups is 1. The highest BCUT2D eigenvalue weighted by molar-refractivity contribution is 5.85. The molecule has 3 aliphatic heterocycles. The molecule has 200 valence electrons. The zero-order valence-corrected chi connectivity index (χ0v) is 22.7. The van der Waals surface area contributed by atoms with E-state index in [4.69, 9.17) is 9.97 Å². The van der Waals surface area contributed by atoms with Gasteiger partial charge in [-0.15, -0.1) is 0 Å². The van der Waals surface area contributed by atoms with E-state index in [2.05, 4.69) is 63.3 Å². The van der Waals surface area contributed by atoms with Gasteiger partial charge in [-0.25, -0.2) is 9.50 Å². The molecule has 4 fully saturated rings. The minimum Gasteiger partial charge on any atom is -0.378 e. The van der Waals surface area contributed by atoms with Gasteiger partial charge in [0.2, 0.25) is 0 Å². The summed E-state index contributed by atoms with van der Waals surface area (Å²) in [7, 11) is 0. The van der Waals surface area contributed by atoms with Gasteiger partial charge >= 0.3 is 0 Å². The number of hydrogen-bond acceptors (Lipinski definition) is 7. The molecule has 1 saturated carbocycles. The summed E-state index contributed by atoms with van der Waals surface area (Å²) in [5.41, 5.74) is 5.09. The minimum absolute atomic E-state index is 0.495. The van der Waals surface area contributed by atoms with E-state index >= 15 is 0 Å². The zero-order chi connectivity index (χ0) is 27.4. The molecule has 8 heteroatoms. The van der Waals surface area contributed by atoms with Crippen LogP contribution in [0.3, 0.4) is 0 Å². The molecule has 8 rings (SSSR count). The average molecular weight is 530 g/mol. The van der Waals surface area contributed by atoms with Crippen LogP contribution in [0, 0.1) is 23.2 Å². The summed E-state index contributed by atoms with van der Waals surface area (Å²) in [5.74, 6) is 7.56. The fourth-order valence-corrected chi connectivity index (χ4v) is 5.94. The molecule has 2 bridgehead atoms. The van der Waals surface area contributed by atoms with Gasteiger partial charge in [0.25, 0.3) is 0 Å². The minimum atomic E-state index is -1.11. The standard InChI is InChI=1S/C32H31N7O/c1-32(2,40)10-9-21-11-28(31-25(13-33)16-36-39(31)18-21)24-6-8-30(35-15-24)37-19-26-12-27(20-37)38(26)17-22-3-7-29(34-14-22)23-4-5-23/h3,6-8,11,14-16,18,23,26-27,40H,4-5,12,17,19-20H2,1-2H3. The molecular formula is C32H31N7O. The van der Waals surface area contributed by atoms with Crippen LogP contribution in [0.2, 0.25) is 0 Å². The number of hydrogen-bond donors (Lipinski definition) is 1. The molecule has 4 aromatic heterocycles. The van der Waals surface area contributed by atoms with Crippen molar-refractivity contribution in [1.82, 2.24) is 24.5 Å². The Labute approximate surface area is 233 Å². The van der Waals surface area contributed by atoms with Crippen LogP contribution in [0.15, 0.2) is 55.1 Å². The van der Waals surface area contributed by atoms with Crippen molar-refractivity contribution >= 4 is 11.3 Å². The molecule has 2 unspecified atom stereocenters. The Morgan fingerprint density at radius 1 is 1.05 bits per heavy atom. The van der Waals surface area contributed by atoms with Gasteiger partial charge in [0, 0.05) is 78.6 Å². The number of nitrogens with zero attached hydrogens (tertiary/aromatic N) is 7. The molecule has 2 atom stereocenters. The highest BCUT2D eigenvalue weighted by atomic mass is 16.3. The van der Waals surface area contributed by atoms with Crippen LogP contribution in [0.1, 0.15) is 61.4 Å². The van der Waals surface area contributed by atoms with E-state index in [-0.39, 0.29) is 0 Å². The average Bonchev–Trinajstić information content (AvgIpc) is 3.73. The molecule has 4 aliphatic rings. The van der Waals surface area contributed by atoms with Crippen LogP contribution in [0.25, 0.3) is 16.6 Å². The predicted molar refractivity (Wildman–Crippen MR) is 152 cm³/mol. The number of rotatable bonds is 5. The highest BCUT2D eigenvalue weighted by Crippen LogP contribution is 2.39. The second-order valence-corrected chi connectivity index (χ2v) is 11.8. The van der Waals surface area contributed by atoms with Crippen molar-refractivity contribution in [2.45, 2.75) is 63.3 Å². The first-order chi connectivity index (χ1) is 19.3. The second kappa shape index (κ2) is 9.45. The van der Waals surface area contributed by atoms with Crippen LogP contribution >= 0.6 is 0 Å². The molecule has 0 spiro atoms. The van der Waals surface area contributed by atoms with E-state index in [1.165, 1.54) is 30.5 Å². The smallest absolute Gasteiger partial charge is 0.128 e. The third-order valence-corrected chi connectivity index (χ3v) is 8.18. The monoisotopic (exact) mass is 529 g/mol. The third kappa shape index (κ3) is 4.70. The molecule has 3 saturated heterocycles. The van der Waals surface area contributed by atoms with E-state index < -0.39 is 5.60 Å². The lowest BCUT2D eigenvalue weighted by atomic mass is 9.87. The quantitative estimate of drug-likeness (QED) is 0.389. The number of piperazine rings is 1. The molecule has 1 N–H and O–H groups in total. The van der Waals surface area contributed by atoms with Crippen molar-refractivity contribution in [3.05, 3.63) is 77.5 Å². The fourth-order valence-electron chi connectivity index (χ4n) is 5.94. The van der Waals surface area contributed by atoms with E-state index in [1.807, 2.05) is 12.3 Å². The number of nitriles is 1. The SMILES string of the molecule is CC(C)(O)C#Cc1cc(-c2ccc(N3CC4CC(C3)N4Cc3ccc(C4CC4)nc3)nc2)c2c(C#N)cnn2c1. The third-order valence-electron chi connectivity index (χ3n) is 8.18. The van der Waals surface area contributed by atoms with E-state index in [0.29, 0.717) is 29.1 Å². The normalized spacial score (nSPS) is 20.5. The highest BCUT2D eigenvalue weighted by Gasteiger charge is 2.44. The first kappa shape index (κ1) is 24.8. The molecule has 7 heterocycles. The molecular weight excluding hydrogens is 498 g/mol. The van der Waals surface area contributed by atoms with Crippen LogP contribution in [0.5, 0.6) is 0 Å². The van der Waals surface area contributed by atoms with Crippen molar-refractivity contribution in [3.8, 4) is 29.0 Å². The maximum Gasteiger partial charge on any atom is 0.128 e. The van der Waals surface area contributed by atoms with Gasteiger partial charge in [-0.3, -0.25) is 9.88 Å². The van der Waals surface area contributed by atoms with Crippen LogP contribution in [-0.4, -0.2) is 60.4 Å². The van der Waals surface area contributed by atoms with Crippen molar-refractivity contribution in [2.75, 3.05) is 18.0 Å². The zero-order valence-electron chi connectivity index (χ0n) is 22.7. The van der Waals surface area contributed by atoms with E-state index in [9.17, 15) is 10.4 Å². The molecule has 8 nitrogen and oxygen atoms in total. The summed E-state index contributed by atoms with van der Waals surface area (Å²) in [6.45, 7) is 6.18. The van der Waals surface area contributed by atoms with Gasteiger partial charge in [0.15, 0.2) is 0 Å². The number of piperidine rings is 1. The Morgan fingerprint density at radius 2 is 1.88 bits per heavy atom. The molecule has 0 radical (unpaired) electrons. The Balaban J connectivity index is 1.09. The Hall–Kier alpha value is -4.24. The lowest BCUT2D eigenvalue weighted by molar-refractivity contribution is -0.00876. The van der Waals surface area contributed by atoms with Crippen molar-refractivity contribution in [1.29, 1.82) is 5.26 Å². The number of fused-ring (bicyclic) bond motifs is 3. The van der Waals surface area contributed by atoms with Crippen molar-refractivity contribution < 1.29 is 5.11 Å². The molecule has 0 amide bonds. The fraction of sp³-hybridized carbons (Fsp3) is 0.375. The van der Waals surface area contributed by atoms with Gasteiger partial charge in [-0.2, -0.15) is 10.4 Å².